The number of amides is 1. The molecule has 0 N–H and O–H groups in total. The molecule has 0 aliphatic carbocycles. The predicted octanol–water partition coefficient (Wildman–Crippen LogP) is 3.10. The van der Waals surface area contributed by atoms with Gasteiger partial charge in [-0.15, -0.1) is 0 Å². The van der Waals surface area contributed by atoms with Crippen LogP contribution in [-0.4, -0.2) is 58.9 Å². The number of carbonyl (C=O) groups excluding carboxylic acids is 1. The van der Waals surface area contributed by atoms with Gasteiger partial charge in [0.1, 0.15) is 17.8 Å². The monoisotopic (exact) mass is 419 g/mol. The molecular formula is C19H19Cl2N5O2. The fraction of sp³-hybridized carbons (Fsp3) is 0.316. The molecule has 0 atom stereocenters. The van der Waals surface area contributed by atoms with E-state index in [4.69, 9.17) is 27.9 Å². The molecule has 7 nitrogen and oxygen atoms in total. The zero-order valence-electron chi connectivity index (χ0n) is 15.3. The van der Waals surface area contributed by atoms with E-state index >= 15 is 0 Å². The number of aromatic nitrogens is 3. The molecule has 1 aliphatic rings. The minimum atomic E-state index is 0.0326. The molecule has 1 saturated heterocycles. The minimum Gasteiger partial charge on any atom is -0.495 e. The molecule has 0 saturated carbocycles. The number of benzene rings is 1. The normalized spacial score (nSPS) is 14.5. The van der Waals surface area contributed by atoms with Gasteiger partial charge in [0.15, 0.2) is 0 Å². The highest BCUT2D eigenvalue weighted by Crippen LogP contribution is 2.29. The maximum absolute atomic E-state index is 12.7. The Morgan fingerprint density at radius 2 is 1.93 bits per heavy atom. The molecule has 1 amide bonds. The van der Waals surface area contributed by atoms with Gasteiger partial charge in [-0.05, 0) is 12.1 Å². The first-order valence-corrected chi connectivity index (χ1v) is 9.63. The van der Waals surface area contributed by atoms with Gasteiger partial charge in [0, 0.05) is 55.7 Å². The highest BCUT2D eigenvalue weighted by Gasteiger charge is 2.22. The Hall–Kier alpha value is -2.51. The molecule has 4 rings (SSSR count). The lowest BCUT2D eigenvalue weighted by atomic mass is 10.2. The van der Waals surface area contributed by atoms with E-state index in [9.17, 15) is 4.79 Å². The van der Waals surface area contributed by atoms with E-state index in [0.717, 1.165) is 24.2 Å². The zero-order chi connectivity index (χ0) is 19.7. The van der Waals surface area contributed by atoms with Crippen LogP contribution in [0.25, 0.3) is 10.9 Å². The van der Waals surface area contributed by atoms with Gasteiger partial charge >= 0.3 is 0 Å². The van der Waals surface area contributed by atoms with Crippen molar-refractivity contribution in [3.8, 4) is 5.75 Å². The summed E-state index contributed by atoms with van der Waals surface area (Å²) in [5.74, 6) is 0.682. The number of piperazine rings is 1. The van der Waals surface area contributed by atoms with Crippen LogP contribution in [0.3, 0.4) is 0 Å². The topological polar surface area (TPSA) is 63.5 Å². The molecule has 2 aromatic heterocycles. The van der Waals surface area contributed by atoms with Crippen LogP contribution < -0.4 is 9.64 Å². The maximum atomic E-state index is 12.7. The number of hydrogen-bond donors (Lipinski definition) is 0. The van der Waals surface area contributed by atoms with Crippen molar-refractivity contribution in [1.82, 2.24) is 19.7 Å². The van der Waals surface area contributed by atoms with Gasteiger partial charge in [0.2, 0.25) is 5.91 Å². The number of methoxy groups -OCH3 is 1. The van der Waals surface area contributed by atoms with E-state index in [1.165, 1.54) is 0 Å². The second kappa shape index (κ2) is 7.85. The summed E-state index contributed by atoms with van der Waals surface area (Å²) in [6.07, 6.45) is 5.00. The van der Waals surface area contributed by atoms with Crippen LogP contribution in [0.1, 0.15) is 0 Å². The first kappa shape index (κ1) is 18.8. The van der Waals surface area contributed by atoms with Gasteiger partial charge in [-0.3, -0.25) is 14.5 Å². The van der Waals surface area contributed by atoms with Gasteiger partial charge in [0.05, 0.1) is 23.4 Å². The summed E-state index contributed by atoms with van der Waals surface area (Å²) in [4.78, 5) is 20.8. The van der Waals surface area contributed by atoms with Crippen LogP contribution in [0.4, 0.5) is 5.69 Å². The summed E-state index contributed by atoms with van der Waals surface area (Å²) in [6.45, 7) is 2.96. The van der Waals surface area contributed by atoms with Crippen molar-refractivity contribution < 1.29 is 9.53 Å². The van der Waals surface area contributed by atoms with E-state index in [1.54, 1.807) is 30.4 Å². The van der Waals surface area contributed by atoms with Crippen LogP contribution in [0.2, 0.25) is 10.0 Å². The highest BCUT2D eigenvalue weighted by molar-refractivity contribution is 6.35. The molecule has 3 heterocycles. The largest absolute Gasteiger partial charge is 0.495 e. The molecule has 1 aliphatic heterocycles. The number of anilines is 1. The van der Waals surface area contributed by atoms with Gasteiger partial charge in [-0.25, -0.2) is 0 Å². The first-order chi connectivity index (χ1) is 13.5. The molecule has 3 aromatic rings. The van der Waals surface area contributed by atoms with Crippen molar-refractivity contribution in [3.63, 3.8) is 0 Å². The van der Waals surface area contributed by atoms with Gasteiger partial charge in [-0.2, -0.15) is 5.10 Å². The van der Waals surface area contributed by atoms with Crippen molar-refractivity contribution in [1.29, 1.82) is 0 Å². The molecule has 0 unspecified atom stereocenters. The number of ether oxygens (including phenoxy) is 1. The number of fused-ring (bicyclic) bond motifs is 1. The lowest BCUT2D eigenvalue weighted by molar-refractivity contribution is -0.132. The number of rotatable bonds is 4. The molecule has 28 heavy (non-hydrogen) atoms. The summed E-state index contributed by atoms with van der Waals surface area (Å²) in [7, 11) is 1.60. The second-order valence-corrected chi connectivity index (χ2v) is 7.38. The van der Waals surface area contributed by atoms with E-state index in [2.05, 4.69) is 15.0 Å². The van der Waals surface area contributed by atoms with E-state index in [1.807, 2.05) is 23.1 Å². The Balaban J connectivity index is 1.39. The third-order valence-electron chi connectivity index (χ3n) is 4.86. The quantitative estimate of drug-likeness (QED) is 0.649. The van der Waals surface area contributed by atoms with Crippen LogP contribution in [0.15, 0.2) is 36.8 Å². The lowest BCUT2D eigenvalue weighted by Gasteiger charge is -2.36. The van der Waals surface area contributed by atoms with Crippen molar-refractivity contribution in [3.05, 3.63) is 46.8 Å². The van der Waals surface area contributed by atoms with Crippen molar-refractivity contribution in [2.75, 3.05) is 38.2 Å². The maximum Gasteiger partial charge on any atom is 0.244 e. The average molecular weight is 420 g/mol. The predicted molar refractivity (Wildman–Crippen MR) is 109 cm³/mol. The Morgan fingerprint density at radius 1 is 1.14 bits per heavy atom. The average Bonchev–Trinajstić information content (AvgIpc) is 3.12. The lowest BCUT2D eigenvalue weighted by Crippen LogP contribution is -2.49. The van der Waals surface area contributed by atoms with Crippen LogP contribution >= 0.6 is 23.2 Å². The fourth-order valence-corrected chi connectivity index (χ4v) is 3.73. The summed E-state index contributed by atoms with van der Waals surface area (Å²) in [6, 6.07) is 5.72. The summed E-state index contributed by atoms with van der Waals surface area (Å²) >= 11 is 12.2. The van der Waals surface area contributed by atoms with Crippen LogP contribution in [0, 0.1) is 0 Å². The summed E-state index contributed by atoms with van der Waals surface area (Å²) < 4.78 is 6.91. The number of halogens is 2. The third kappa shape index (κ3) is 3.72. The standard InChI is InChI=1S/C19H19Cl2N5O2/c1-28-18-8-13(2-3-15(18)20)24-4-6-25(7-5-24)19(27)12-26-11-14-16(21)9-22-10-17(14)23-26/h2-3,8-11H,4-7,12H2,1H3. The number of carbonyl (C=O) groups is 1. The highest BCUT2D eigenvalue weighted by atomic mass is 35.5. The van der Waals surface area contributed by atoms with E-state index in [0.29, 0.717) is 34.4 Å². The van der Waals surface area contributed by atoms with Crippen LogP contribution in [-0.2, 0) is 11.3 Å². The van der Waals surface area contributed by atoms with Gasteiger partial charge < -0.3 is 14.5 Å². The molecule has 1 fully saturated rings. The van der Waals surface area contributed by atoms with Gasteiger partial charge in [-0.1, -0.05) is 23.2 Å². The summed E-state index contributed by atoms with van der Waals surface area (Å²) in [5.41, 5.74) is 1.72. The Kier molecular flexibility index (Phi) is 5.28. The van der Waals surface area contributed by atoms with E-state index in [-0.39, 0.29) is 12.5 Å². The second-order valence-electron chi connectivity index (χ2n) is 6.57. The molecule has 146 valence electrons. The van der Waals surface area contributed by atoms with Crippen molar-refractivity contribution in [2.45, 2.75) is 6.54 Å². The zero-order valence-corrected chi connectivity index (χ0v) is 16.8. The Labute approximate surface area is 172 Å². The van der Waals surface area contributed by atoms with Crippen molar-refractivity contribution >= 4 is 45.7 Å². The Bertz CT molecular complexity index is 1010. The first-order valence-electron chi connectivity index (χ1n) is 8.88. The van der Waals surface area contributed by atoms with E-state index < -0.39 is 0 Å². The fourth-order valence-electron chi connectivity index (χ4n) is 3.34. The Morgan fingerprint density at radius 3 is 2.64 bits per heavy atom. The van der Waals surface area contributed by atoms with Crippen LogP contribution in [0.5, 0.6) is 5.75 Å². The number of nitrogens with zero attached hydrogens (tertiary/aromatic N) is 5. The smallest absolute Gasteiger partial charge is 0.244 e. The SMILES string of the molecule is COc1cc(N2CCN(C(=O)Cn3cc4c(Cl)cncc4n3)CC2)ccc1Cl. The number of hydrogen-bond acceptors (Lipinski definition) is 5. The third-order valence-corrected chi connectivity index (χ3v) is 5.48. The van der Waals surface area contributed by atoms with Crippen molar-refractivity contribution in [2.24, 2.45) is 0 Å². The molecule has 1 aromatic carbocycles. The van der Waals surface area contributed by atoms with Gasteiger partial charge in [0.25, 0.3) is 0 Å². The molecule has 0 spiro atoms. The minimum absolute atomic E-state index is 0.0326. The summed E-state index contributed by atoms with van der Waals surface area (Å²) in [5, 5.41) is 6.30. The molecule has 0 bridgehead atoms. The molecule has 9 heteroatoms. The number of pyridine rings is 1. The molecular weight excluding hydrogens is 401 g/mol. The molecule has 0 radical (unpaired) electrons.